The van der Waals surface area contributed by atoms with Crippen molar-refractivity contribution in [3.05, 3.63) is 45.5 Å². The number of hydrogen-bond acceptors (Lipinski definition) is 4. The van der Waals surface area contributed by atoms with Gasteiger partial charge in [0.2, 0.25) is 5.89 Å². The molecule has 0 radical (unpaired) electrons. The molecule has 0 atom stereocenters. The summed E-state index contributed by atoms with van der Waals surface area (Å²) >= 11 is 12.1. The average Bonchev–Trinajstić information content (AvgIpc) is 2.88. The van der Waals surface area contributed by atoms with Gasteiger partial charge in [-0.3, -0.25) is 0 Å². The standard InChI is InChI=1S/C15H16Cl2N2O2/c1-20-8-5-13-18-14(21-19-13)15(6-2-7-15)10-3-4-11(16)12(17)9-10/h3-4,9H,2,5-8H2,1H3. The largest absolute Gasteiger partial charge is 0.384 e. The van der Waals surface area contributed by atoms with Crippen LogP contribution in [0, 0.1) is 0 Å². The highest BCUT2D eigenvalue weighted by Crippen LogP contribution is 2.49. The van der Waals surface area contributed by atoms with Gasteiger partial charge in [-0.2, -0.15) is 4.98 Å². The van der Waals surface area contributed by atoms with E-state index >= 15 is 0 Å². The minimum Gasteiger partial charge on any atom is -0.384 e. The van der Waals surface area contributed by atoms with Crippen molar-refractivity contribution in [2.75, 3.05) is 13.7 Å². The van der Waals surface area contributed by atoms with Crippen molar-refractivity contribution in [1.29, 1.82) is 0 Å². The van der Waals surface area contributed by atoms with Crippen LogP contribution in [0.2, 0.25) is 10.0 Å². The van der Waals surface area contributed by atoms with Crippen molar-refractivity contribution in [3.63, 3.8) is 0 Å². The van der Waals surface area contributed by atoms with Crippen molar-refractivity contribution in [2.24, 2.45) is 0 Å². The lowest BCUT2D eigenvalue weighted by molar-refractivity contribution is 0.198. The van der Waals surface area contributed by atoms with Crippen molar-refractivity contribution in [3.8, 4) is 0 Å². The maximum atomic E-state index is 6.15. The number of benzene rings is 1. The van der Waals surface area contributed by atoms with Crippen molar-refractivity contribution >= 4 is 23.2 Å². The Balaban J connectivity index is 1.92. The molecular formula is C15H16Cl2N2O2. The third-order valence-electron chi connectivity index (χ3n) is 4.09. The summed E-state index contributed by atoms with van der Waals surface area (Å²) in [6.45, 7) is 0.582. The molecule has 1 aliphatic rings. The van der Waals surface area contributed by atoms with Crippen LogP contribution in [-0.2, 0) is 16.6 Å². The number of aromatic nitrogens is 2. The van der Waals surface area contributed by atoms with Crippen LogP contribution in [0.1, 0.15) is 36.5 Å². The third kappa shape index (κ3) is 2.68. The maximum Gasteiger partial charge on any atom is 0.237 e. The van der Waals surface area contributed by atoms with Gasteiger partial charge in [-0.15, -0.1) is 0 Å². The molecule has 112 valence electrons. The molecule has 1 aromatic carbocycles. The Morgan fingerprint density at radius 1 is 1.29 bits per heavy atom. The van der Waals surface area contributed by atoms with Crippen LogP contribution in [-0.4, -0.2) is 23.9 Å². The van der Waals surface area contributed by atoms with Crippen LogP contribution < -0.4 is 0 Å². The fourth-order valence-corrected chi connectivity index (χ4v) is 2.99. The second kappa shape index (κ2) is 5.95. The molecule has 6 heteroatoms. The van der Waals surface area contributed by atoms with Gasteiger partial charge in [-0.1, -0.05) is 40.8 Å². The van der Waals surface area contributed by atoms with E-state index < -0.39 is 0 Å². The molecule has 2 aromatic rings. The number of hydrogen-bond donors (Lipinski definition) is 0. The Kier molecular flexibility index (Phi) is 4.20. The molecule has 0 unspecified atom stereocenters. The molecule has 0 spiro atoms. The number of ether oxygens (including phenoxy) is 1. The minimum atomic E-state index is -0.216. The molecule has 1 aliphatic carbocycles. The van der Waals surface area contributed by atoms with E-state index in [0.717, 1.165) is 24.8 Å². The van der Waals surface area contributed by atoms with Crippen molar-refractivity contribution < 1.29 is 9.26 Å². The summed E-state index contributed by atoms with van der Waals surface area (Å²) in [5.74, 6) is 1.34. The zero-order chi connectivity index (χ0) is 14.9. The number of rotatable bonds is 5. The summed E-state index contributed by atoms with van der Waals surface area (Å²) < 4.78 is 10.5. The Morgan fingerprint density at radius 3 is 2.71 bits per heavy atom. The van der Waals surface area contributed by atoms with E-state index in [1.54, 1.807) is 7.11 Å². The zero-order valence-electron chi connectivity index (χ0n) is 11.7. The molecule has 0 bridgehead atoms. The van der Waals surface area contributed by atoms with Crippen LogP contribution >= 0.6 is 23.2 Å². The fourth-order valence-electron chi connectivity index (χ4n) is 2.69. The highest BCUT2D eigenvalue weighted by molar-refractivity contribution is 6.42. The molecule has 3 rings (SSSR count). The van der Waals surface area contributed by atoms with Gasteiger partial charge in [0.25, 0.3) is 0 Å². The van der Waals surface area contributed by atoms with E-state index in [-0.39, 0.29) is 5.41 Å². The van der Waals surface area contributed by atoms with E-state index in [1.807, 2.05) is 18.2 Å². The molecule has 0 aliphatic heterocycles. The van der Waals surface area contributed by atoms with Crippen molar-refractivity contribution in [2.45, 2.75) is 31.1 Å². The predicted octanol–water partition coefficient (Wildman–Crippen LogP) is 4.04. The van der Waals surface area contributed by atoms with Crippen molar-refractivity contribution in [1.82, 2.24) is 10.1 Å². The van der Waals surface area contributed by atoms with Crippen LogP contribution in [0.4, 0.5) is 0 Å². The Bertz CT molecular complexity index is 638. The van der Waals surface area contributed by atoms with Gasteiger partial charge in [0.15, 0.2) is 5.82 Å². The first kappa shape index (κ1) is 14.8. The third-order valence-corrected chi connectivity index (χ3v) is 4.83. The highest BCUT2D eigenvalue weighted by Gasteiger charge is 2.45. The van der Waals surface area contributed by atoms with Gasteiger partial charge < -0.3 is 9.26 Å². The lowest BCUT2D eigenvalue weighted by atomic mass is 9.64. The monoisotopic (exact) mass is 326 g/mol. The normalized spacial score (nSPS) is 16.7. The summed E-state index contributed by atoms with van der Waals surface area (Å²) in [5, 5.41) is 5.15. The number of nitrogens with zero attached hydrogens (tertiary/aromatic N) is 2. The van der Waals surface area contributed by atoms with E-state index in [1.165, 1.54) is 0 Å². The predicted molar refractivity (Wildman–Crippen MR) is 81.0 cm³/mol. The smallest absolute Gasteiger partial charge is 0.237 e. The maximum absolute atomic E-state index is 6.15. The number of methoxy groups -OCH3 is 1. The van der Waals surface area contributed by atoms with Crippen LogP contribution in [0.25, 0.3) is 0 Å². The molecule has 1 aromatic heterocycles. The summed E-state index contributed by atoms with van der Waals surface area (Å²) in [7, 11) is 1.66. The van der Waals surface area contributed by atoms with Gasteiger partial charge in [0.05, 0.1) is 22.1 Å². The van der Waals surface area contributed by atoms with E-state index in [4.69, 9.17) is 32.5 Å². The van der Waals surface area contributed by atoms with Gasteiger partial charge >= 0.3 is 0 Å². The second-order valence-electron chi connectivity index (χ2n) is 5.32. The first-order valence-corrected chi connectivity index (χ1v) is 7.69. The van der Waals surface area contributed by atoms with Gasteiger partial charge in [0.1, 0.15) is 0 Å². The Hall–Kier alpha value is -1.10. The molecule has 1 fully saturated rings. The lowest BCUT2D eigenvalue weighted by Gasteiger charge is -2.39. The fraction of sp³-hybridized carbons (Fsp3) is 0.467. The summed E-state index contributed by atoms with van der Waals surface area (Å²) in [4.78, 5) is 4.54. The molecule has 0 saturated heterocycles. The summed E-state index contributed by atoms with van der Waals surface area (Å²) in [6.07, 6.45) is 3.75. The zero-order valence-corrected chi connectivity index (χ0v) is 13.2. The second-order valence-corrected chi connectivity index (χ2v) is 6.14. The first-order valence-electron chi connectivity index (χ1n) is 6.93. The quantitative estimate of drug-likeness (QED) is 0.832. The minimum absolute atomic E-state index is 0.216. The Labute approximate surface area is 133 Å². The van der Waals surface area contributed by atoms with E-state index in [0.29, 0.717) is 34.8 Å². The van der Waals surface area contributed by atoms with Crippen LogP contribution in [0.15, 0.2) is 22.7 Å². The van der Waals surface area contributed by atoms with Gasteiger partial charge in [-0.05, 0) is 30.5 Å². The summed E-state index contributed by atoms with van der Waals surface area (Å²) in [5.41, 5.74) is 0.872. The van der Waals surface area contributed by atoms with Gasteiger partial charge in [-0.25, -0.2) is 0 Å². The topological polar surface area (TPSA) is 48.2 Å². The molecule has 21 heavy (non-hydrogen) atoms. The summed E-state index contributed by atoms with van der Waals surface area (Å²) in [6, 6.07) is 5.72. The van der Waals surface area contributed by atoms with E-state index in [9.17, 15) is 0 Å². The first-order chi connectivity index (χ1) is 10.2. The highest BCUT2D eigenvalue weighted by atomic mass is 35.5. The van der Waals surface area contributed by atoms with Crippen LogP contribution in [0.5, 0.6) is 0 Å². The molecule has 0 N–H and O–H groups in total. The molecule has 1 heterocycles. The van der Waals surface area contributed by atoms with Gasteiger partial charge in [0, 0.05) is 13.5 Å². The molecule has 0 amide bonds. The lowest BCUT2D eigenvalue weighted by Crippen LogP contribution is -2.35. The SMILES string of the molecule is COCCc1noc(C2(c3ccc(Cl)c(Cl)c3)CCC2)n1. The Morgan fingerprint density at radius 2 is 2.10 bits per heavy atom. The number of halogens is 2. The van der Waals surface area contributed by atoms with E-state index in [2.05, 4.69) is 10.1 Å². The van der Waals surface area contributed by atoms with Crippen LogP contribution in [0.3, 0.4) is 0 Å². The molecule has 1 saturated carbocycles. The average molecular weight is 327 g/mol. The molecular weight excluding hydrogens is 311 g/mol. The molecule has 4 nitrogen and oxygen atoms in total.